The molecule has 0 aliphatic rings. The normalized spacial score (nSPS) is 13.0. The lowest BCUT2D eigenvalue weighted by Crippen LogP contribution is -2.42. The molecule has 0 unspecified atom stereocenters. The van der Waals surface area contributed by atoms with Crippen LogP contribution in [-0.4, -0.2) is 73.7 Å². The first-order valence-corrected chi connectivity index (χ1v) is 9.27. The molecule has 2 N–H and O–H groups in total. The van der Waals surface area contributed by atoms with Crippen LogP contribution in [0.25, 0.3) is 0 Å². The van der Waals surface area contributed by atoms with Crippen molar-refractivity contribution >= 4 is 5.96 Å². The first-order chi connectivity index (χ1) is 10.8. The van der Waals surface area contributed by atoms with Crippen molar-refractivity contribution in [3.63, 3.8) is 0 Å². The van der Waals surface area contributed by atoms with Crippen molar-refractivity contribution in [3.05, 3.63) is 0 Å². The van der Waals surface area contributed by atoms with Gasteiger partial charge in [0.2, 0.25) is 0 Å². The van der Waals surface area contributed by atoms with Crippen molar-refractivity contribution in [2.24, 2.45) is 4.99 Å². The molecule has 5 heteroatoms. The van der Waals surface area contributed by atoms with Crippen molar-refractivity contribution in [1.82, 2.24) is 20.4 Å². The summed E-state index contributed by atoms with van der Waals surface area (Å²) in [6.45, 7) is 20.4. The largest absolute Gasteiger partial charge is 0.357 e. The number of likely N-dealkylation sites (N-methyl/N-ethyl adjacent to an activating group) is 1. The van der Waals surface area contributed by atoms with Crippen LogP contribution < -0.4 is 10.6 Å². The van der Waals surface area contributed by atoms with Gasteiger partial charge in [-0.15, -0.1) is 0 Å². The van der Waals surface area contributed by atoms with Crippen molar-refractivity contribution in [1.29, 1.82) is 0 Å². The lowest BCUT2D eigenvalue weighted by atomic mass is 10.2. The Labute approximate surface area is 144 Å². The van der Waals surface area contributed by atoms with E-state index in [-0.39, 0.29) is 0 Å². The van der Waals surface area contributed by atoms with E-state index in [0.717, 1.165) is 45.1 Å². The molecule has 0 fully saturated rings. The molecule has 5 nitrogen and oxygen atoms in total. The molecular formula is C18H41N5. The first-order valence-electron chi connectivity index (χ1n) is 9.27. The van der Waals surface area contributed by atoms with Gasteiger partial charge < -0.3 is 15.5 Å². The smallest absolute Gasteiger partial charge is 0.191 e. The topological polar surface area (TPSA) is 42.9 Å². The molecule has 138 valence electrons. The lowest BCUT2D eigenvalue weighted by molar-refractivity contribution is 0.174. The monoisotopic (exact) mass is 327 g/mol. The maximum Gasteiger partial charge on any atom is 0.191 e. The van der Waals surface area contributed by atoms with Gasteiger partial charge in [-0.25, -0.2) is 0 Å². The minimum atomic E-state index is 0.578. The van der Waals surface area contributed by atoms with Crippen molar-refractivity contribution < 1.29 is 0 Å². The number of rotatable bonds is 11. The van der Waals surface area contributed by atoms with Crippen LogP contribution >= 0.6 is 0 Å². The van der Waals surface area contributed by atoms with E-state index in [2.05, 4.69) is 75.9 Å². The number of guanidine groups is 1. The zero-order valence-corrected chi connectivity index (χ0v) is 16.8. The second-order valence-electron chi connectivity index (χ2n) is 7.04. The summed E-state index contributed by atoms with van der Waals surface area (Å²) in [6.07, 6.45) is 1.10. The van der Waals surface area contributed by atoms with E-state index >= 15 is 0 Å². The van der Waals surface area contributed by atoms with Crippen molar-refractivity contribution in [2.75, 3.05) is 39.8 Å². The number of hydrogen-bond acceptors (Lipinski definition) is 3. The maximum atomic E-state index is 4.70. The summed E-state index contributed by atoms with van der Waals surface area (Å²) in [4.78, 5) is 9.55. The Kier molecular flexibility index (Phi) is 12.1. The summed E-state index contributed by atoms with van der Waals surface area (Å²) >= 11 is 0. The van der Waals surface area contributed by atoms with Crippen molar-refractivity contribution in [2.45, 2.75) is 73.0 Å². The van der Waals surface area contributed by atoms with E-state index < -0.39 is 0 Å². The average molecular weight is 328 g/mol. The van der Waals surface area contributed by atoms with Crippen LogP contribution in [0.4, 0.5) is 0 Å². The highest BCUT2D eigenvalue weighted by molar-refractivity contribution is 5.79. The fourth-order valence-electron chi connectivity index (χ4n) is 2.51. The van der Waals surface area contributed by atoms with Gasteiger partial charge in [0.25, 0.3) is 0 Å². The highest BCUT2D eigenvalue weighted by atomic mass is 15.2. The lowest BCUT2D eigenvalue weighted by Gasteiger charge is -2.30. The predicted octanol–water partition coefficient (Wildman–Crippen LogP) is 2.39. The minimum Gasteiger partial charge on any atom is -0.357 e. The standard InChI is InChI=1S/C18H41N5/c1-9-19-18(21-12-14-22(8)15(2)3)20-11-10-13-23(16(4)5)17(6)7/h15-17H,9-14H2,1-8H3,(H2,19,20,21). The molecule has 0 heterocycles. The fraction of sp³-hybridized carbons (Fsp3) is 0.944. The van der Waals surface area contributed by atoms with Gasteiger partial charge in [0.1, 0.15) is 0 Å². The highest BCUT2D eigenvalue weighted by Crippen LogP contribution is 2.05. The second-order valence-corrected chi connectivity index (χ2v) is 7.04. The SMILES string of the molecule is CCNC(=NCCCN(C(C)C)C(C)C)NCCN(C)C(C)C. The van der Waals surface area contributed by atoms with Gasteiger partial charge >= 0.3 is 0 Å². The van der Waals surface area contributed by atoms with E-state index in [0.29, 0.717) is 18.1 Å². The Balaban J connectivity index is 4.20. The maximum absolute atomic E-state index is 4.70. The third kappa shape index (κ3) is 10.6. The summed E-state index contributed by atoms with van der Waals surface area (Å²) in [6, 6.07) is 1.77. The Hall–Kier alpha value is -0.810. The average Bonchev–Trinajstić information content (AvgIpc) is 2.45. The molecule has 0 rings (SSSR count). The van der Waals surface area contributed by atoms with Crippen LogP contribution in [0.3, 0.4) is 0 Å². The molecule has 0 aromatic heterocycles. The molecule has 0 spiro atoms. The summed E-state index contributed by atoms with van der Waals surface area (Å²) in [7, 11) is 2.16. The van der Waals surface area contributed by atoms with Gasteiger partial charge in [-0.3, -0.25) is 9.89 Å². The predicted molar refractivity (Wildman–Crippen MR) is 103 cm³/mol. The molecule has 23 heavy (non-hydrogen) atoms. The first kappa shape index (κ1) is 22.2. The van der Waals surface area contributed by atoms with E-state index in [1.165, 1.54) is 0 Å². The second kappa shape index (κ2) is 12.6. The Bertz CT molecular complexity index is 305. The molecule has 0 radical (unpaired) electrons. The van der Waals surface area contributed by atoms with Crippen LogP contribution in [-0.2, 0) is 0 Å². The van der Waals surface area contributed by atoms with Gasteiger partial charge in [0.05, 0.1) is 0 Å². The van der Waals surface area contributed by atoms with E-state index in [9.17, 15) is 0 Å². The molecule has 0 amide bonds. The zero-order chi connectivity index (χ0) is 17.8. The highest BCUT2D eigenvalue weighted by Gasteiger charge is 2.12. The number of nitrogens with one attached hydrogen (secondary N) is 2. The number of aliphatic imine (C=N–C) groups is 1. The molecule has 0 aromatic carbocycles. The molecule has 0 saturated carbocycles. The van der Waals surface area contributed by atoms with Gasteiger partial charge in [-0.2, -0.15) is 0 Å². The Morgan fingerprint density at radius 2 is 1.52 bits per heavy atom. The summed E-state index contributed by atoms with van der Waals surface area (Å²) in [5, 5.41) is 6.75. The quantitative estimate of drug-likeness (QED) is 0.347. The van der Waals surface area contributed by atoms with Crippen LogP contribution in [0.2, 0.25) is 0 Å². The Morgan fingerprint density at radius 1 is 0.913 bits per heavy atom. The van der Waals surface area contributed by atoms with Crippen LogP contribution in [0.15, 0.2) is 4.99 Å². The van der Waals surface area contributed by atoms with Crippen LogP contribution in [0.5, 0.6) is 0 Å². The molecule has 0 aliphatic heterocycles. The number of hydrogen-bond donors (Lipinski definition) is 2. The molecular weight excluding hydrogens is 286 g/mol. The minimum absolute atomic E-state index is 0.578. The summed E-state index contributed by atoms with van der Waals surface area (Å²) < 4.78 is 0. The molecule has 0 atom stereocenters. The third-order valence-electron chi connectivity index (χ3n) is 4.15. The van der Waals surface area contributed by atoms with Gasteiger partial charge in [0.15, 0.2) is 5.96 Å². The zero-order valence-electron chi connectivity index (χ0n) is 16.8. The van der Waals surface area contributed by atoms with Crippen LogP contribution in [0, 0.1) is 0 Å². The van der Waals surface area contributed by atoms with Gasteiger partial charge in [-0.1, -0.05) is 0 Å². The van der Waals surface area contributed by atoms with E-state index in [4.69, 9.17) is 4.99 Å². The van der Waals surface area contributed by atoms with Crippen LogP contribution in [0.1, 0.15) is 54.9 Å². The number of nitrogens with zero attached hydrogens (tertiary/aromatic N) is 3. The fourth-order valence-corrected chi connectivity index (χ4v) is 2.51. The molecule has 0 aliphatic carbocycles. The molecule has 0 saturated heterocycles. The van der Waals surface area contributed by atoms with E-state index in [1.54, 1.807) is 0 Å². The molecule has 0 aromatic rings. The van der Waals surface area contributed by atoms with Gasteiger partial charge in [-0.05, 0) is 61.9 Å². The summed E-state index contributed by atoms with van der Waals surface area (Å²) in [5.74, 6) is 0.935. The summed E-state index contributed by atoms with van der Waals surface area (Å²) in [5.41, 5.74) is 0. The third-order valence-corrected chi connectivity index (χ3v) is 4.15. The molecule has 0 bridgehead atoms. The van der Waals surface area contributed by atoms with Crippen molar-refractivity contribution in [3.8, 4) is 0 Å². The Morgan fingerprint density at radius 3 is 2.00 bits per heavy atom. The van der Waals surface area contributed by atoms with E-state index in [1.807, 2.05) is 0 Å². The van der Waals surface area contributed by atoms with Gasteiger partial charge in [0, 0.05) is 50.8 Å².